The second kappa shape index (κ2) is 12.3. The highest BCUT2D eigenvalue weighted by Crippen LogP contribution is 2.33. The molecule has 0 radical (unpaired) electrons. The lowest BCUT2D eigenvalue weighted by Crippen LogP contribution is -2.41. The lowest BCUT2D eigenvalue weighted by molar-refractivity contribution is -0.132. The van der Waals surface area contributed by atoms with Gasteiger partial charge in [-0.25, -0.2) is 14.4 Å². The number of carbonyl (C=O) groups excluding carboxylic acids is 3. The Morgan fingerprint density at radius 2 is 1.36 bits per heavy atom. The Morgan fingerprint density at radius 3 is 1.98 bits per heavy atom. The third-order valence-electron chi connectivity index (χ3n) is 6.61. The number of nitrogens with zero attached hydrogens (tertiary/aromatic N) is 2. The van der Waals surface area contributed by atoms with Crippen LogP contribution in [-0.4, -0.2) is 40.6 Å². The molecule has 2 aromatic heterocycles. The molecule has 45 heavy (non-hydrogen) atoms. The Bertz CT molecular complexity index is 2110. The van der Waals surface area contributed by atoms with Crippen molar-refractivity contribution in [1.29, 1.82) is 0 Å². The van der Waals surface area contributed by atoms with Gasteiger partial charge in [0.1, 0.15) is 9.71 Å². The number of aromatic nitrogens is 2. The van der Waals surface area contributed by atoms with Gasteiger partial charge in [-0.2, -0.15) is 4.57 Å². The average molecular weight is 627 g/mol. The first-order valence-corrected chi connectivity index (χ1v) is 14.1. The minimum absolute atomic E-state index is 0.0543. The van der Waals surface area contributed by atoms with Crippen molar-refractivity contribution < 1.29 is 38.1 Å². The summed E-state index contributed by atoms with van der Waals surface area (Å²) >= 11 is 0.789. The predicted octanol–water partition coefficient (Wildman–Crippen LogP) is 4.08. The van der Waals surface area contributed by atoms with E-state index in [1.807, 2.05) is 6.07 Å². The molecule has 0 amide bonds. The highest BCUT2D eigenvalue weighted by atomic mass is 32.1. The van der Waals surface area contributed by atoms with E-state index in [4.69, 9.17) is 23.7 Å². The van der Waals surface area contributed by atoms with Crippen LogP contribution < -0.4 is 30.2 Å². The number of allylic oxidation sites excluding steroid dienone is 5. The third-order valence-corrected chi connectivity index (χ3v) is 7.80. The van der Waals surface area contributed by atoms with Crippen LogP contribution in [0.4, 0.5) is 0 Å². The standard InChI is InChI=1S/C32H22N2O10S/c1-33-30-21(29(37)34(32(33)39)27(35)8-4-2-6-19-10-12-22-24(14-19)42-17-40-22)16-26(45-30)31(38)44-28(36)9-5-3-7-20-11-13-23-25(15-20)43-18-41-23/h2-16H,17-18H2,1H3/b6-2?,7-3+,8-4?,9-5?. The van der Waals surface area contributed by atoms with Crippen molar-refractivity contribution in [2.24, 2.45) is 7.05 Å². The quantitative estimate of drug-likeness (QED) is 0.128. The molecule has 0 spiro atoms. The molecule has 13 heteroatoms. The van der Waals surface area contributed by atoms with Crippen molar-refractivity contribution in [2.45, 2.75) is 0 Å². The van der Waals surface area contributed by atoms with E-state index in [1.54, 1.807) is 54.6 Å². The van der Waals surface area contributed by atoms with Crippen LogP contribution in [-0.2, 0) is 16.6 Å². The summed E-state index contributed by atoms with van der Waals surface area (Å²) in [4.78, 5) is 63.8. The fraction of sp³-hybridized carbons (Fsp3) is 0.0938. The van der Waals surface area contributed by atoms with Crippen LogP contribution in [0.3, 0.4) is 0 Å². The van der Waals surface area contributed by atoms with Crippen molar-refractivity contribution >= 4 is 51.6 Å². The molecule has 0 fully saturated rings. The van der Waals surface area contributed by atoms with Gasteiger partial charge in [0, 0.05) is 19.2 Å². The lowest BCUT2D eigenvalue weighted by atomic mass is 10.2. The normalized spacial score (nSPS) is 13.6. The molecule has 0 saturated heterocycles. The second-order valence-corrected chi connectivity index (χ2v) is 10.6. The highest BCUT2D eigenvalue weighted by Gasteiger charge is 2.22. The van der Waals surface area contributed by atoms with E-state index in [9.17, 15) is 24.0 Å². The molecule has 0 atom stereocenters. The van der Waals surface area contributed by atoms with Crippen LogP contribution >= 0.6 is 11.3 Å². The van der Waals surface area contributed by atoms with Gasteiger partial charge in [0.15, 0.2) is 23.0 Å². The number of hydrogen-bond donors (Lipinski definition) is 0. The molecule has 0 aliphatic carbocycles. The van der Waals surface area contributed by atoms with E-state index in [1.165, 1.54) is 25.3 Å². The van der Waals surface area contributed by atoms with E-state index < -0.39 is 29.1 Å². The number of aryl methyl sites for hydroxylation is 1. The topological polar surface area (TPSA) is 141 Å². The number of hydrogen-bond acceptors (Lipinski definition) is 11. The molecule has 0 bridgehead atoms. The molecule has 2 aliphatic heterocycles. The summed E-state index contributed by atoms with van der Waals surface area (Å²) in [5.41, 5.74) is -0.202. The Labute approximate surface area is 257 Å². The maximum Gasteiger partial charge on any atom is 0.356 e. The molecule has 0 unspecified atom stereocenters. The largest absolute Gasteiger partial charge is 0.454 e. The highest BCUT2D eigenvalue weighted by molar-refractivity contribution is 7.20. The first kappa shape index (κ1) is 29.1. The molecule has 4 aromatic rings. The van der Waals surface area contributed by atoms with Crippen molar-refractivity contribution in [3.8, 4) is 23.0 Å². The first-order chi connectivity index (χ1) is 21.8. The van der Waals surface area contributed by atoms with Gasteiger partial charge in [0.05, 0.1) is 5.39 Å². The summed E-state index contributed by atoms with van der Waals surface area (Å²) in [5.74, 6) is -0.314. The fourth-order valence-electron chi connectivity index (χ4n) is 4.41. The summed E-state index contributed by atoms with van der Waals surface area (Å²) in [6.45, 7) is 0.308. The zero-order valence-electron chi connectivity index (χ0n) is 23.5. The molecule has 2 aliphatic rings. The zero-order chi connectivity index (χ0) is 31.5. The van der Waals surface area contributed by atoms with Crippen LogP contribution in [0, 0.1) is 0 Å². The molecule has 4 heterocycles. The fourth-order valence-corrected chi connectivity index (χ4v) is 5.39. The Kier molecular flexibility index (Phi) is 7.99. The van der Waals surface area contributed by atoms with E-state index in [0.717, 1.165) is 39.2 Å². The molecule has 6 rings (SSSR count). The maximum absolute atomic E-state index is 13.1. The number of esters is 2. The van der Waals surface area contributed by atoms with Crippen molar-refractivity contribution in [3.05, 3.63) is 116 Å². The SMILES string of the molecule is Cn1c(=O)n(C(=O)C=CC=Cc2ccc3c(c2)OCO3)c(=O)c2cc(C(=O)OC(=O)C=C/C=C/c3ccc4c(c3)OCO4)sc21. The number of carbonyl (C=O) groups is 3. The molecular weight excluding hydrogens is 604 g/mol. The maximum atomic E-state index is 13.1. The summed E-state index contributed by atoms with van der Waals surface area (Å²) in [6.07, 6.45) is 11.5. The van der Waals surface area contributed by atoms with Gasteiger partial charge in [-0.15, -0.1) is 11.3 Å². The van der Waals surface area contributed by atoms with E-state index in [-0.39, 0.29) is 28.7 Å². The number of rotatable bonds is 7. The van der Waals surface area contributed by atoms with Gasteiger partial charge in [-0.05, 0) is 41.5 Å². The van der Waals surface area contributed by atoms with Crippen LogP contribution in [0.15, 0.2) is 88.5 Å². The molecule has 2 aromatic carbocycles. The van der Waals surface area contributed by atoms with Gasteiger partial charge < -0.3 is 23.7 Å². The summed E-state index contributed by atoms with van der Waals surface area (Å²) in [7, 11) is 1.36. The van der Waals surface area contributed by atoms with Gasteiger partial charge in [0.2, 0.25) is 13.6 Å². The number of ether oxygens (including phenoxy) is 5. The Morgan fingerprint density at radius 1 is 0.778 bits per heavy atom. The number of thiophene rings is 1. The van der Waals surface area contributed by atoms with Gasteiger partial charge >= 0.3 is 17.6 Å². The van der Waals surface area contributed by atoms with Gasteiger partial charge in [-0.3, -0.25) is 14.2 Å². The van der Waals surface area contributed by atoms with Gasteiger partial charge in [-0.1, -0.05) is 48.6 Å². The monoisotopic (exact) mass is 626 g/mol. The van der Waals surface area contributed by atoms with Crippen molar-refractivity contribution in [2.75, 3.05) is 13.6 Å². The number of fused-ring (bicyclic) bond motifs is 3. The lowest BCUT2D eigenvalue weighted by Gasteiger charge is -2.04. The van der Waals surface area contributed by atoms with Crippen LogP contribution in [0.2, 0.25) is 0 Å². The van der Waals surface area contributed by atoms with Gasteiger partial charge in [0.25, 0.3) is 11.5 Å². The molecule has 12 nitrogen and oxygen atoms in total. The minimum Gasteiger partial charge on any atom is -0.454 e. The minimum atomic E-state index is -1.01. The zero-order valence-corrected chi connectivity index (χ0v) is 24.3. The molecular formula is C32H22N2O10S. The first-order valence-electron chi connectivity index (χ1n) is 13.3. The molecule has 0 saturated carbocycles. The van der Waals surface area contributed by atoms with E-state index in [2.05, 4.69) is 0 Å². The molecule has 0 N–H and O–H groups in total. The third kappa shape index (κ3) is 6.10. The second-order valence-electron chi connectivity index (χ2n) is 9.52. The van der Waals surface area contributed by atoms with Crippen LogP contribution in [0.1, 0.15) is 25.6 Å². The van der Waals surface area contributed by atoms with Crippen LogP contribution in [0.25, 0.3) is 22.4 Å². The predicted molar refractivity (Wildman–Crippen MR) is 164 cm³/mol. The Balaban J connectivity index is 1.12. The van der Waals surface area contributed by atoms with E-state index >= 15 is 0 Å². The van der Waals surface area contributed by atoms with Crippen LogP contribution in [0.5, 0.6) is 23.0 Å². The smallest absolute Gasteiger partial charge is 0.356 e. The summed E-state index contributed by atoms with van der Waals surface area (Å²) in [6, 6.07) is 11.9. The molecule has 226 valence electrons. The average Bonchev–Trinajstić information content (AvgIpc) is 3.80. The van der Waals surface area contributed by atoms with E-state index in [0.29, 0.717) is 27.6 Å². The summed E-state index contributed by atoms with van der Waals surface area (Å²) < 4.78 is 27.6. The van der Waals surface area contributed by atoms with Crippen molar-refractivity contribution in [1.82, 2.24) is 9.13 Å². The Hall–Kier alpha value is -5.95. The van der Waals surface area contributed by atoms with Crippen molar-refractivity contribution in [3.63, 3.8) is 0 Å². The summed E-state index contributed by atoms with van der Waals surface area (Å²) in [5, 5.41) is -0.0543. The number of benzene rings is 2.